The quantitative estimate of drug-likeness (QED) is 0.632. The third-order valence-electron chi connectivity index (χ3n) is 2.37. The van der Waals surface area contributed by atoms with Crippen molar-refractivity contribution in [2.45, 2.75) is 27.7 Å². The summed E-state index contributed by atoms with van der Waals surface area (Å²) in [6.07, 6.45) is 0. The molecule has 0 N–H and O–H groups in total. The summed E-state index contributed by atoms with van der Waals surface area (Å²) in [5.41, 5.74) is 2.72. The second-order valence-corrected chi connectivity index (χ2v) is 4.06. The molecule has 0 aliphatic carbocycles. The maximum Gasteiger partial charge on any atom is 0.0906 e. The average molecular weight is 256 g/mol. The van der Waals surface area contributed by atoms with E-state index in [4.69, 9.17) is 23.2 Å². The van der Waals surface area contributed by atoms with Crippen molar-refractivity contribution in [1.29, 1.82) is 0 Å². The van der Waals surface area contributed by atoms with Crippen molar-refractivity contribution in [3.8, 4) is 0 Å². The summed E-state index contributed by atoms with van der Waals surface area (Å²) in [6, 6.07) is 5.64. The third-order valence-corrected chi connectivity index (χ3v) is 3.17. The average Bonchev–Trinajstić information content (AvgIpc) is 2.31. The zero-order chi connectivity index (χ0) is 12.3. The van der Waals surface area contributed by atoms with Crippen LogP contribution >= 0.6 is 23.2 Å². The topological polar surface area (TPSA) is 12.9 Å². The molecule has 0 fully saturated rings. The number of benzene rings is 1. The SMILES string of the molecule is CC.Cc1nc2c(Cl)cccc2c(Cl)c1C. The van der Waals surface area contributed by atoms with E-state index in [0.29, 0.717) is 5.02 Å². The number of hydrogen-bond donors (Lipinski definition) is 0. The van der Waals surface area contributed by atoms with Gasteiger partial charge in [-0.2, -0.15) is 0 Å². The van der Waals surface area contributed by atoms with E-state index in [9.17, 15) is 0 Å². The van der Waals surface area contributed by atoms with Crippen molar-refractivity contribution in [3.05, 3.63) is 39.5 Å². The summed E-state index contributed by atoms with van der Waals surface area (Å²) in [6.45, 7) is 7.90. The first-order valence-electron chi connectivity index (χ1n) is 5.32. The molecule has 0 unspecified atom stereocenters. The number of aromatic nitrogens is 1. The van der Waals surface area contributed by atoms with Crippen LogP contribution in [0.25, 0.3) is 10.9 Å². The molecule has 86 valence electrons. The molecule has 16 heavy (non-hydrogen) atoms. The van der Waals surface area contributed by atoms with Crippen LogP contribution in [0.1, 0.15) is 25.1 Å². The van der Waals surface area contributed by atoms with Gasteiger partial charge in [-0.1, -0.05) is 49.2 Å². The molecule has 0 aliphatic heterocycles. The summed E-state index contributed by atoms with van der Waals surface area (Å²) in [4.78, 5) is 4.42. The molecular formula is C13H15Cl2N. The van der Waals surface area contributed by atoms with Crippen LogP contribution in [0.5, 0.6) is 0 Å². The third kappa shape index (κ3) is 2.31. The highest BCUT2D eigenvalue weighted by molar-refractivity contribution is 6.39. The molecule has 0 bridgehead atoms. The minimum Gasteiger partial charge on any atom is -0.251 e. The van der Waals surface area contributed by atoms with Gasteiger partial charge in [0.25, 0.3) is 0 Å². The minimum atomic E-state index is 0.646. The van der Waals surface area contributed by atoms with E-state index in [1.807, 2.05) is 45.9 Å². The van der Waals surface area contributed by atoms with Crippen molar-refractivity contribution in [1.82, 2.24) is 4.98 Å². The van der Waals surface area contributed by atoms with Gasteiger partial charge in [0.15, 0.2) is 0 Å². The van der Waals surface area contributed by atoms with Crippen molar-refractivity contribution in [3.63, 3.8) is 0 Å². The summed E-state index contributed by atoms with van der Waals surface area (Å²) in [5, 5.41) is 2.31. The van der Waals surface area contributed by atoms with Gasteiger partial charge in [0.2, 0.25) is 0 Å². The summed E-state index contributed by atoms with van der Waals surface area (Å²) in [7, 11) is 0. The van der Waals surface area contributed by atoms with E-state index in [2.05, 4.69) is 4.98 Å². The molecule has 0 saturated carbocycles. The van der Waals surface area contributed by atoms with E-state index in [-0.39, 0.29) is 0 Å². The van der Waals surface area contributed by atoms with Crippen LogP contribution in [0, 0.1) is 13.8 Å². The maximum atomic E-state index is 6.20. The Morgan fingerprint density at radius 1 is 1.06 bits per heavy atom. The minimum absolute atomic E-state index is 0.646. The second-order valence-electron chi connectivity index (χ2n) is 3.27. The Kier molecular flexibility index (Phi) is 4.57. The number of para-hydroxylation sites is 1. The smallest absolute Gasteiger partial charge is 0.0906 e. The number of nitrogens with zero attached hydrogens (tertiary/aromatic N) is 1. The molecule has 1 heterocycles. The lowest BCUT2D eigenvalue weighted by Gasteiger charge is -2.07. The van der Waals surface area contributed by atoms with E-state index in [1.54, 1.807) is 0 Å². The summed E-state index contributed by atoms with van der Waals surface area (Å²) >= 11 is 12.2. The van der Waals surface area contributed by atoms with Crippen LogP contribution in [0.15, 0.2) is 18.2 Å². The van der Waals surface area contributed by atoms with Crippen molar-refractivity contribution in [2.75, 3.05) is 0 Å². The highest BCUT2D eigenvalue weighted by atomic mass is 35.5. The van der Waals surface area contributed by atoms with E-state index < -0.39 is 0 Å². The Hall–Kier alpha value is -0.790. The van der Waals surface area contributed by atoms with Crippen molar-refractivity contribution in [2.24, 2.45) is 0 Å². The fourth-order valence-corrected chi connectivity index (χ4v) is 1.92. The van der Waals surface area contributed by atoms with Crippen LogP contribution in [0.4, 0.5) is 0 Å². The standard InChI is InChI=1S/C11H9Cl2N.C2H6/c1-6-7(2)14-11-8(10(6)13)4-3-5-9(11)12;1-2/h3-5H,1-2H3;1-2H3. The van der Waals surface area contributed by atoms with Gasteiger partial charge in [0.1, 0.15) is 0 Å². The molecule has 1 nitrogen and oxygen atoms in total. The first kappa shape index (κ1) is 13.3. The zero-order valence-electron chi connectivity index (χ0n) is 9.94. The van der Waals surface area contributed by atoms with Crippen LogP contribution < -0.4 is 0 Å². The molecule has 2 rings (SSSR count). The molecule has 1 aromatic heterocycles. The van der Waals surface area contributed by atoms with Crippen LogP contribution in [0.3, 0.4) is 0 Å². The van der Waals surface area contributed by atoms with E-state index >= 15 is 0 Å². The Balaban J connectivity index is 0.000000606. The van der Waals surface area contributed by atoms with Gasteiger partial charge in [-0.25, -0.2) is 0 Å². The first-order valence-corrected chi connectivity index (χ1v) is 6.08. The van der Waals surface area contributed by atoms with Gasteiger partial charge < -0.3 is 0 Å². The molecule has 1 aromatic carbocycles. The Bertz CT molecular complexity index is 507. The fourth-order valence-electron chi connectivity index (χ4n) is 1.42. The second kappa shape index (κ2) is 5.51. The lowest BCUT2D eigenvalue weighted by atomic mass is 10.1. The highest BCUT2D eigenvalue weighted by Crippen LogP contribution is 2.30. The molecule has 0 radical (unpaired) electrons. The normalized spacial score (nSPS) is 9.88. The van der Waals surface area contributed by atoms with Crippen molar-refractivity contribution >= 4 is 34.1 Å². The highest BCUT2D eigenvalue weighted by Gasteiger charge is 2.08. The van der Waals surface area contributed by atoms with Gasteiger partial charge in [-0.15, -0.1) is 0 Å². The molecule has 2 aromatic rings. The van der Waals surface area contributed by atoms with Crippen LogP contribution in [-0.2, 0) is 0 Å². The Morgan fingerprint density at radius 2 is 1.69 bits per heavy atom. The number of aryl methyl sites for hydroxylation is 1. The number of fused-ring (bicyclic) bond motifs is 1. The molecule has 0 atom stereocenters. The molecule has 0 saturated heterocycles. The largest absolute Gasteiger partial charge is 0.251 e. The van der Waals surface area contributed by atoms with E-state index in [0.717, 1.165) is 27.2 Å². The molecule has 0 aliphatic rings. The predicted molar refractivity (Wildman–Crippen MR) is 72.6 cm³/mol. The van der Waals surface area contributed by atoms with Gasteiger partial charge in [0.05, 0.1) is 15.6 Å². The monoisotopic (exact) mass is 255 g/mol. The van der Waals surface area contributed by atoms with Crippen LogP contribution in [0.2, 0.25) is 10.0 Å². The fraction of sp³-hybridized carbons (Fsp3) is 0.308. The maximum absolute atomic E-state index is 6.20. The molecule has 0 amide bonds. The molecule has 3 heteroatoms. The number of hydrogen-bond acceptors (Lipinski definition) is 1. The summed E-state index contributed by atoms with van der Waals surface area (Å²) in [5.74, 6) is 0. The number of halogens is 2. The van der Waals surface area contributed by atoms with Crippen molar-refractivity contribution < 1.29 is 0 Å². The van der Waals surface area contributed by atoms with Crippen LogP contribution in [-0.4, -0.2) is 4.98 Å². The lowest BCUT2D eigenvalue weighted by molar-refractivity contribution is 1.20. The Morgan fingerprint density at radius 3 is 2.31 bits per heavy atom. The predicted octanol–water partition coefficient (Wildman–Crippen LogP) is 5.18. The van der Waals surface area contributed by atoms with Gasteiger partial charge in [0, 0.05) is 11.1 Å². The number of pyridine rings is 1. The Labute approximate surface area is 106 Å². The lowest BCUT2D eigenvalue weighted by Crippen LogP contribution is -1.90. The van der Waals surface area contributed by atoms with Gasteiger partial charge in [-0.05, 0) is 25.5 Å². The van der Waals surface area contributed by atoms with Gasteiger partial charge in [-0.3, -0.25) is 4.98 Å². The van der Waals surface area contributed by atoms with E-state index in [1.165, 1.54) is 0 Å². The zero-order valence-corrected chi connectivity index (χ0v) is 11.4. The molecule has 0 spiro atoms. The van der Waals surface area contributed by atoms with Gasteiger partial charge >= 0.3 is 0 Å². The number of rotatable bonds is 0. The summed E-state index contributed by atoms with van der Waals surface area (Å²) < 4.78 is 0. The first-order chi connectivity index (χ1) is 7.61. The molecular weight excluding hydrogens is 241 g/mol.